The Kier molecular flexibility index (Phi) is 1.81. The number of nitro groups is 1. The van der Waals surface area contributed by atoms with Crippen LogP contribution in [0, 0.1) is 10.1 Å². The minimum atomic E-state index is -0.610. The van der Waals surface area contributed by atoms with Gasteiger partial charge in [0.15, 0.2) is 11.8 Å². The van der Waals surface area contributed by atoms with Gasteiger partial charge in [-0.2, -0.15) is 0 Å². The lowest BCUT2D eigenvalue weighted by atomic mass is 10.3. The molecule has 0 amide bonds. The average Bonchev–Trinajstić information content (AvgIpc) is 2.63. The van der Waals surface area contributed by atoms with E-state index in [2.05, 4.69) is 4.98 Å². The number of nitrogens with zero attached hydrogens (tertiary/aromatic N) is 2. The van der Waals surface area contributed by atoms with Crippen molar-refractivity contribution in [1.82, 2.24) is 4.98 Å². The van der Waals surface area contributed by atoms with Crippen LogP contribution in [-0.4, -0.2) is 17.0 Å². The molecule has 0 bridgehead atoms. The molecular weight excluding hydrogens is 188 g/mol. The Balaban J connectivity index is 2.78. The van der Waals surface area contributed by atoms with Crippen LogP contribution in [0.3, 0.4) is 0 Å². The van der Waals surface area contributed by atoms with Crippen LogP contribution in [0.15, 0.2) is 22.9 Å². The van der Waals surface area contributed by atoms with Crippen molar-refractivity contribution in [2.24, 2.45) is 0 Å². The second kappa shape index (κ2) is 2.99. The largest absolute Gasteiger partial charge is 0.486 e. The highest BCUT2D eigenvalue weighted by molar-refractivity contribution is 5.84. The minimum Gasteiger partial charge on any atom is -0.486 e. The topological polar surface area (TPSA) is 78.4 Å². The molecular formula is C8H6N2O4. The van der Waals surface area contributed by atoms with E-state index in [0.717, 1.165) is 0 Å². The number of aromatic nitrogens is 1. The van der Waals surface area contributed by atoms with Crippen LogP contribution in [0.4, 0.5) is 5.82 Å². The zero-order valence-electron chi connectivity index (χ0n) is 7.26. The standard InChI is InChI=1S/C8H6N2O4/c1-13-7-6-5(2-3-14-6)4-9-8(7)10(11)12/h2-4H,1H3. The van der Waals surface area contributed by atoms with Crippen molar-refractivity contribution in [3.8, 4) is 5.75 Å². The third-order valence-corrected chi connectivity index (χ3v) is 1.81. The SMILES string of the molecule is COc1c([N+](=O)[O-])ncc2ccoc12. The zero-order chi connectivity index (χ0) is 10.1. The minimum absolute atomic E-state index is 0.0532. The molecule has 0 saturated carbocycles. The molecule has 14 heavy (non-hydrogen) atoms. The van der Waals surface area contributed by atoms with E-state index in [-0.39, 0.29) is 11.6 Å². The summed E-state index contributed by atoms with van der Waals surface area (Å²) in [7, 11) is 1.34. The Hall–Kier alpha value is -2.11. The average molecular weight is 194 g/mol. The van der Waals surface area contributed by atoms with Gasteiger partial charge in [0.2, 0.25) is 0 Å². The monoisotopic (exact) mass is 194 g/mol. The summed E-state index contributed by atoms with van der Waals surface area (Å²) in [5.74, 6) is -0.285. The third-order valence-electron chi connectivity index (χ3n) is 1.81. The molecule has 2 aromatic rings. The summed E-state index contributed by atoms with van der Waals surface area (Å²) >= 11 is 0. The summed E-state index contributed by atoms with van der Waals surface area (Å²) < 4.78 is 9.94. The highest BCUT2D eigenvalue weighted by atomic mass is 16.6. The lowest BCUT2D eigenvalue weighted by Crippen LogP contribution is -1.96. The predicted octanol–water partition coefficient (Wildman–Crippen LogP) is 1.74. The first-order valence-electron chi connectivity index (χ1n) is 3.78. The molecule has 0 aliphatic heterocycles. The van der Waals surface area contributed by atoms with E-state index >= 15 is 0 Å². The van der Waals surface area contributed by atoms with Crippen LogP contribution in [0.5, 0.6) is 5.75 Å². The first kappa shape index (κ1) is 8.49. The summed E-state index contributed by atoms with van der Waals surface area (Å²) in [6.45, 7) is 0. The summed E-state index contributed by atoms with van der Waals surface area (Å²) in [4.78, 5) is 13.6. The second-order valence-corrected chi connectivity index (χ2v) is 2.58. The molecule has 2 heterocycles. The van der Waals surface area contributed by atoms with Crippen molar-refractivity contribution in [1.29, 1.82) is 0 Å². The van der Waals surface area contributed by atoms with E-state index < -0.39 is 4.92 Å². The van der Waals surface area contributed by atoms with Crippen molar-refractivity contribution in [2.75, 3.05) is 7.11 Å². The van der Waals surface area contributed by atoms with Gasteiger partial charge in [-0.1, -0.05) is 0 Å². The maximum absolute atomic E-state index is 10.6. The smallest absolute Gasteiger partial charge is 0.410 e. The van der Waals surface area contributed by atoms with Crippen molar-refractivity contribution in [2.45, 2.75) is 0 Å². The Labute approximate surface area is 78.3 Å². The van der Waals surface area contributed by atoms with Gasteiger partial charge >= 0.3 is 5.82 Å². The Morgan fingerprint density at radius 2 is 2.43 bits per heavy atom. The number of hydrogen-bond acceptors (Lipinski definition) is 5. The van der Waals surface area contributed by atoms with Crippen molar-refractivity contribution in [3.05, 3.63) is 28.6 Å². The molecule has 0 N–H and O–H groups in total. The molecule has 0 spiro atoms. The molecule has 6 nitrogen and oxygen atoms in total. The van der Waals surface area contributed by atoms with Gasteiger partial charge in [0.1, 0.15) is 0 Å². The lowest BCUT2D eigenvalue weighted by Gasteiger charge is -2.00. The first-order chi connectivity index (χ1) is 6.74. The van der Waals surface area contributed by atoms with Crippen molar-refractivity contribution in [3.63, 3.8) is 0 Å². The Morgan fingerprint density at radius 3 is 3.07 bits per heavy atom. The molecule has 6 heteroatoms. The van der Waals surface area contributed by atoms with Gasteiger partial charge in [-0.05, 0) is 16.0 Å². The van der Waals surface area contributed by atoms with Gasteiger partial charge in [0.05, 0.1) is 18.8 Å². The molecule has 0 aliphatic carbocycles. The van der Waals surface area contributed by atoms with Crippen LogP contribution in [-0.2, 0) is 0 Å². The fraction of sp³-hybridized carbons (Fsp3) is 0.125. The summed E-state index contributed by atoms with van der Waals surface area (Å²) in [5.41, 5.74) is 0.342. The predicted molar refractivity (Wildman–Crippen MR) is 47.2 cm³/mol. The molecule has 0 atom stereocenters. The maximum Gasteiger partial charge on any atom is 0.410 e. The van der Waals surface area contributed by atoms with Crippen molar-refractivity contribution < 1.29 is 14.1 Å². The zero-order valence-corrected chi connectivity index (χ0v) is 7.26. The van der Waals surface area contributed by atoms with Gasteiger partial charge < -0.3 is 19.3 Å². The highest BCUT2D eigenvalue weighted by Gasteiger charge is 2.21. The van der Waals surface area contributed by atoms with Gasteiger partial charge in [-0.15, -0.1) is 0 Å². The fourth-order valence-corrected chi connectivity index (χ4v) is 1.21. The molecule has 72 valence electrons. The molecule has 0 fully saturated rings. The van der Waals surface area contributed by atoms with Crippen LogP contribution in [0.1, 0.15) is 0 Å². The van der Waals surface area contributed by atoms with E-state index in [1.54, 1.807) is 6.07 Å². The molecule has 0 saturated heterocycles. The molecule has 0 aromatic carbocycles. The van der Waals surface area contributed by atoms with Gasteiger partial charge in [-0.25, -0.2) is 0 Å². The summed E-state index contributed by atoms with van der Waals surface area (Å²) in [6, 6.07) is 1.66. The molecule has 0 unspecified atom stereocenters. The summed E-state index contributed by atoms with van der Waals surface area (Å²) in [6.07, 6.45) is 2.80. The molecule has 2 rings (SSSR count). The van der Waals surface area contributed by atoms with Crippen molar-refractivity contribution >= 4 is 16.8 Å². The van der Waals surface area contributed by atoms with E-state index in [4.69, 9.17) is 9.15 Å². The number of ether oxygens (including phenoxy) is 1. The maximum atomic E-state index is 10.6. The third kappa shape index (κ3) is 1.08. The van der Waals surface area contributed by atoms with Gasteiger partial charge in [0.25, 0.3) is 5.75 Å². The van der Waals surface area contributed by atoms with E-state index in [0.29, 0.717) is 11.0 Å². The molecule has 0 radical (unpaired) electrons. The normalized spacial score (nSPS) is 10.4. The number of fused-ring (bicyclic) bond motifs is 1. The van der Waals surface area contributed by atoms with E-state index in [1.807, 2.05) is 0 Å². The highest BCUT2D eigenvalue weighted by Crippen LogP contribution is 2.33. The lowest BCUT2D eigenvalue weighted by molar-refractivity contribution is -0.390. The van der Waals surface area contributed by atoms with Crippen LogP contribution in [0.2, 0.25) is 0 Å². The van der Waals surface area contributed by atoms with Crippen LogP contribution >= 0.6 is 0 Å². The van der Waals surface area contributed by atoms with E-state index in [9.17, 15) is 10.1 Å². The summed E-state index contributed by atoms with van der Waals surface area (Å²) in [5, 5.41) is 11.2. The quantitative estimate of drug-likeness (QED) is 0.537. The molecule has 0 aliphatic rings. The number of furan rings is 1. The Morgan fingerprint density at radius 1 is 1.64 bits per heavy atom. The van der Waals surface area contributed by atoms with Crippen LogP contribution < -0.4 is 4.74 Å². The van der Waals surface area contributed by atoms with Gasteiger partial charge in [-0.3, -0.25) is 0 Å². The Bertz CT molecular complexity index is 491. The number of pyridine rings is 1. The first-order valence-corrected chi connectivity index (χ1v) is 3.78. The second-order valence-electron chi connectivity index (χ2n) is 2.58. The van der Waals surface area contributed by atoms with E-state index in [1.165, 1.54) is 19.6 Å². The molecule has 2 aromatic heterocycles. The number of methoxy groups -OCH3 is 1. The fourth-order valence-electron chi connectivity index (χ4n) is 1.21. The van der Waals surface area contributed by atoms with Gasteiger partial charge in [0, 0.05) is 0 Å². The number of hydrogen-bond donors (Lipinski definition) is 0. The number of rotatable bonds is 2. The van der Waals surface area contributed by atoms with Crippen LogP contribution in [0.25, 0.3) is 11.0 Å².